The molecule has 0 aliphatic carbocycles. The zero-order valence-corrected chi connectivity index (χ0v) is 5.64. The number of imidazole rings is 1. The minimum atomic E-state index is -0.500. The molecular formula is C6H6N4O. The predicted molar refractivity (Wildman–Crippen MR) is 38.2 cm³/mol. The van der Waals surface area contributed by atoms with Gasteiger partial charge in [0.25, 0.3) is 0 Å². The van der Waals surface area contributed by atoms with Crippen molar-refractivity contribution in [2.75, 3.05) is 0 Å². The third-order valence-corrected chi connectivity index (χ3v) is 1.49. The number of hydrogen-bond donors (Lipinski definition) is 1. The number of fused-ring (bicyclic) bond motifs is 1. The van der Waals surface area contributed by atoms with Crippen molar-refractivity contribution in [2.45, 2.75) is 0 Å². The lowest BCUT2D eigenvalue weighted by molar-refractivity contribution is 0.251. The Morgan fingerprint density at radius 1 is 1.55 bits per heavy atom. The van der Waals surface area contributed by atoms with Gasteiger partial charge in [-0.05, 0) is 0 Å². The third-order valence-electron chi connectivity index (χ3n) is 1.49. The second-order valence-electron chi connectivity index (χ2n) is 2.14. The maximum Gasteiger partial charge on any atom is 0.324 e. The first-order valence-corrected chi connectivity index (χ1v) is 3.09. The van der Waals surface area contributed by atoms with Crippen LogP contribution in [0.1, 0.15) is 0 Å². The van der Waals surface area contributed by atoms with Crippen LogP contribution in [0.4, 0.5) is 4.79 Å². The SMILES string of the molecule is NC(=O)n1ccn2nccc12. The van der Waals surface area contributed by atoms with Gasteiger partial charge >= 0.3 is 6.03 Å². The van der Waals surface area contributed by atoms with E-state index in [0.717, 1.165) is 0 Å². The molecule has 0 aliphatic heterocycles. The first kappa shape index (κ1) is 5.96. The fourth-order valence-electron chi connectivity index (χ4n) is 1.01. The van der Waals surface area contributed by atoms with Crippen molar-refractivity contribution < 1.29 is 4.79 Å². The second kappa shape index (κ2) is 1.85. The summed E-state index contributed by atoms with van der Waals surface area (Å²) in [5.74, 6) is 0. The number of carbonyl (C=O) groups is 1. The topological polar surface area (TPSA) is 65.3 Å². The normalized spacial score (nSPS) is 10.5. The van der Waals surface area contributed by atoms with Gasteiger partial charge in [-0.3, -0.25) is 4.57 Å². The number of hydrogen-bond acceptors (Lipinski definition) is 2. The minimum Gasteiger partial charge on any atom is -0.351 e. The third kappa shape index (κ3) is 0.706. The standard InChI is InChI=1S/C6H6N4O/c7-6(11)9-3-4-10-5(9)1-2-8-10/h1-4H,(H2,7,11). The Morgan fingerprint density at radius 2 is 2.36 bits per heavy atom. The summed E-state index contributed by atoms with van der Waals surface area (Å²) in [7, 11) is 0. The highest BCUT2D eigenvalue weighted by atomic mass is 16.2. The fourth-order valence-corrected chi connectivity index (χ4v) is 1.01. The smallest absolute Gasteiger partial charge is 0.324 e. The first-order chi connectivity index (χ1) is 5.29. The van der Waals surface area contributed by atoms with Crippen molar-refractivity contribution in [3.8, 4) is 0 Å². The van der Waals surface area contributed by atoms with E-state index in [1.807, 2.05) is 0 Å². The zero-order chi connectivity index (χ0) is 7.84. The average Bonchev–Trinajstić information content (AvgIpc) is 2.41. The molecule has 0 saturated heterocycles. The van der Waals surface area contributed by atoms with Gasteiger partial charge in [-0.15, -0.1) is 0 Å². The lowest BCUT2D eigenvalue weighted by atomic mass is 10.7. The summed E-state index contributed by atoms with van der Waals surface area (Å²) in [6.07, 6.45) is 4.85. The molecule has 2 aromatic rings. The van der Waals surface area contributed by atoms with Crippen LogP contribution < -0.4 is 5.73 Å². The van der Waals surface area contributed by atoms with Crippen LogP contribution in [0.25, 0.3) is 5.65 Å². The maximum atomic E-state index is 10.7. The number of carbonyl (C=O) groups excluding carboxylic acids is 1. The van der Waals surface area contributed by atoms with Gasteiger partial charge in [0.2, 0.25) is 0 Å². The molecule has 0 spiro atoms. The Bertz CT molecular complexity index is 399. The summed E-state index contributed by atoms with van der Waals surface area (Å²) < 4.78 is 2.90. The summed E-state index contributed by atoms with van der Waals surface area (Å²) >= 11 is 0. The van der Waals surface area contributed by atoms with E-state index < -0.39 is 6.03 Å². The largest absolute Gasteiger partial charge is 0.351 e. The first-order valence-electron chi connectivity index (χ1n) is 3.09. The molecule has 2 rings (SSSR count). The number of aromatic nitrogens is 3. The summed E-state index contributed by atoms with van der Waals surface area (Å²) in [6, 6.07) is 1.21. The Morgan fingerprint density at radius 3 is 3.09 bits per heavy atom. The van der Waals surface area contributed by atoms with Gasteiger partial charge in [0.15, 0.2) is 0 Å². The molecule has 0 saturated carbocycles. The van der Waals surface area contributed by atoms with Crippen LogP contribution in [-0.4, -0.2) is 20.2 Å². The van der Waals surface area contributed by atoms with Crippen LogP contribution in [0.15, 0.2) is 24.7 Å². The van der Waals surface area contributed by atoms with Crippen LogP contribution in [-0.2, 0) is 0 Å². The van der Waals surface area contributed by atoms with Crippen molar-refractivity contribution in [1.82, 2.24) is 14.2 Å². The molecule has 0 radical (unpaired) electrons. The average molecular weight is 150 g/mol. The second-order valence-corrected chi connectivity index (χ2v) is 2.14. The number of amides is 1. The van der Waals surface area contributed by atoms with Crippen molar-refractivity contribution in [3.05, 3.63) is 24.7 Å². The van der Waals surface area contributed by atoms with Gasteiger partial charge in [0, 0.05) is 18.5 Å². The number of nitrogens with zero attached hydrogens (tertiary/aromatic N) is 3. The van der Waals surface area contributed by atoms with E-state index in [-0.39, 0.29) is 0 Å². The highest BCUT2D eigenvalue weighted by Crippen LogP contribution is 2.01. The van der Waals surface area contributed by atoms with Crippen molar-refractivity contribution in [1.29, 1.82) is 0 Å². The van der Waals surface area contributed by atoms with Gasteiger partial charge in [-0.1, -0.05) is 0 Å². The minimum absolute atomic E-state index is 0.500. The lowest BCUT2D eigenvalue weighted by Gasteiger charge is -1.92. The van der Waals surface area contributed by atoms with Gasteiger partial charge in [-0.2, -0.15) is 5.10 Å². The van der Waals surface area contributed by atoms with E-state index in [4.69, 9.17) is 5.73 Å². The molecule has 0 aliphatic rings. The number of rotatable bonds is 0. The molecule has 2 heterocycles. The molecule has 56 valence electrons. The molecule has 5 heteroatoms. The Balaban J connectivity index is 2.78. The zero-order valence-electron chi connectivity index (χ0n) is 5.64. The van der Waals surface area contributed by atoms with Gasteiger partial charge < -0.3 is 5.73 Å². The lowest BCUT2D eigenvalue weighted by Crippen LogP contribution is -2.18. The fraction of sp³-hybridized carbons (Fsp3) is 0. The van der Waals surface area contributed by atoms with E-state index in [1.165, 1.54) is 4.57 Å². The van der Waals surface area contributed by atoms with Gasteiger partial charge in [-0.25, -0.2) is 9.31 Å². The highest BCUT2D eigenvalue weighted by molar-refractivity contribution is 5.79. The number of nitrogens with two attached hydrogens (primary N) is 1. The van der Waals surface area contributed by atoms with Crippen molar-refractivity contribution in [3.63, 3.8) is 0 Å². The molecule has 0 atom stereocenters. The van der Waals surface area contributed by atoms with E-state index >= 15 is 0 Å². The molecule has 5 nitrogen and oxygen atoms in total. The molecule has 2 aromatic heterocycles. The summed E-state index contributed by atoms with van der Waals surface area (Å²) in [4.78, 5) is 10.7. The van der Waals surface area contributed by atoms with Crippen molar-refractivity contribution >= 4 is 11.7 Å². The molecule has 0 aromatic carbocycles. The van der Waals surface area contributed by atoms with Crippen LogP contribution in [0.2, 0.25) is 0 Å². The van der Waals surface area contributed by atoms with Gasteiger partial charge in [0.1, 0.15) is 5.65 Å². The van der Waals surface area contributed by atoms with Crippen LogP contribution >= 0.6 is 0 Å². The van der Waals surface area contributed by atoms with E-state index in [1.54, 1.807) is 29.2 Å². The van der Waals surface area contributed by atoms with Crippen LogP contribution in [0.3, 0.4) is 0 Å². The van der Waals surface area contributed by atoms with Crippen molar-refractivity contribution in [2.24, 2.45) is 5.73 Å². The monoisotopic (exact) mass is 150 g/mol. The molecule has 0 bridgehead atoms. The molecule has 2 N–H and O–H groups in total. The Kier molecular flexibility index (Phi) is 1.00. The van der Waals surface area contributed by atoms with Gasteiger partial charge in [0.05, 0.1) is 6.20 Å². The van der Waals surface area contributed by atoms with E-state index in [9.17, 15) is 4.79 Å². The molecule has 0 unspecified atom stereocenters. The Hall–Kier alpha value is -1.78. The quantitative estimate of drug-likeness (QED) is 0.577. The number of primary amides is 1. The summed E-state index contributed by atoms with van der Waals surface area (Å²) in [5.41, 5.74) is 5.74. The molecular weight excluding hydrogens is 144 g/mol. The maximum absolute atomic E-state index is 10.7. The summed E-state index contributed by atoms with van der Waals surface area (Å²) in [6.45, 7) is 0. The summed E-state index contributed by atoms with van der Waals surface area (Å²) in [5, 5.41) is 3.91. The molecule has 1 amide bonds. The van der Waals surface area contributed by atoms with Crippen LogP contribution in [0, 0.1) is 0 Å². The predicted octanol–water partition coefficient (Wildman–Crippen LogP) is 0.0626. The van der Waals surface area contributed by atoms with E-state index in [0.29, 0.717) is 5.65 Å². The molecule has 0 fully saturated rings. The van der Waals surface area contributed by atoms with E-state index in [2.05, 4.69) is 5.10 Å². The Labute approximate surface area is 62.0 Å². The highest BCUT2D eigenvalue weighted by Gasteiger charge is 2.03. The molecule has 11 heavy (non-hydrogen) atoms. The van der Waals surface area contributed by atoms with Crippen LogP contribution in [0.5, 0.6) is 0 Å².